The summed E-state index contributed by atoms with van der Waals surface area (Å²) in [5, 5.41) is 4.55. The number of halogens is 2. The van der Waals surface area contributed by atoms with Crippen molar-refractivity contribution < 1.29 is 4.42 Å². The summed E-state index contributed by atoms with van der Waals surface area (Å²) in [4.78, 5) is 0. The molecular weight excluding hydrogens is 269 g/mol. The highest BCUT2D eigenvalue weighted by atomic mass is 35.5. The van der Waals surface area contributed by atoms with Gasteiger partial charge in [-0.05, 0) is 54.4 Å². The Morgan fingerprint density at radius 1 is 1.22 bits per heavy atom. The number of hydrogen-bond acceptors (Lipinski definition) is 2. The van der Waals surface area contributed by atoms with Crippen molar-refractivity contribution in [2.75, 3.05) is 6.54 Å². The molecule has 0 radical (unpaired) electrons. The molecule has 0 aliphatic heterocycles. The maximum absolute atomic E-state index is 6.03. The summed E-state index contributed by atoms with van der Waals surface area (Å²) in [5.41, 5.74) is 1.07. The molecule has 1 aromatic heterocycles. The van der Waals surface area contributed by atoms with Gasteiger partial charge in [-0.25, -0.2) is 0 Å². The first-order valence-electron chi connectivity index (χ1n) is 5.94. The molecule has 96 valence electrons. The van der Waals surface area contributed by atoms with Gasteiger partial charge >= 0.3 is 0 Å². The smallest absolute Gasteiger partial charge is 0.193 e. The Kier molecular flexibility index (Phi) is 4.70. The summed E-state index contributed by atoms with van der Waals surface area (Å²) in [6.45, 7) is 3.02. The van der Waals surface area contributed by atoms with Gasteiger partial charge in [0.2, 0.25) is 0 Å². The minimum Gasteiger partial charge on any atom is -0.448 e. The third kappa shape index (κ3) is 3.29. The van der Waals surface area contributed by atoms with E-state index in [1.807, 2.05) is 30.3 Å². The van der Waals surface area contributed by atoms with E-state index in [0.29, 0.717) is 10.2 Å². The molecule has 0 aliphatic rings. The van der Waals surface area contributed by atoms with Crippen molar-refractivity contribution in [3.8, 4) is 0 Å². The van der Waals surface area contributed by atoms with Gasteiger partial charge in [-0.3, -0.25) is 0 Å². The summed E-state index contributed by atoms with van der Waals surface area (Å²) in [5.74, 6) is 0.802. The lowest BCUT2D eigenvalue weighted by Crippen LogP contribution is -2.22. The molecule has 2 nitrogen and oxygen atoms in total. The van der Waals surface area contributed by atoms with Crippen molar-refractivity contribution >= 4 is 23.2 Å². The van der Waals surface area contributed by atoms with Gasteiger partial charge in [0.15, 0.2) is 5.22 Å². The molecule has 0 aliphatic carbocycles. The summed E-state index contributed by atoms with van der Waals surface area (Å²) in [6.07, 6.45) is 1.05. The molecule has 2 rings (SSSR count). The molecule has 0 spiro atoms. The fraction of sp³-hybridized carbons (Fsp3) is 0.286. The second-order valence-electron chi connectivity index (χ2n) is 4.08. The van der Waals surface area contributed by atoms with Crippen molar-refractivity contribution in [3.63, 3.8) is 0 Å². The normalized spacial score (nSPS) is 12.6. The minimum absolute atomic E-state index is 0.0175. The van der Waals surface area contributed by atoms with Crippen LogP contribution in [0.4, 0.5) is 0 Å². The quantitative estimate of drug-likeness (QED) is 0.862. The van der Waals surface area contributed by atoms with E-state index in [0.717, 1.165) is 24.3 Å². The number of nitrogens with one attached hydrogen (secondary N) is 1. The third-order valence-electron chi connectivity index (χ3n) is 2.66. The first-order valence-corrected chi connectivity index (χ1v) is 6.70. The van der Waals surface area contributed by atoms with Crippen LogP contribution >= 0.6 is 23.2 Å². The van der Waals surface area contributed by atoms with Crippen LogP contribution in [-0.2, 0) is 0 Å². The fourth-order valence-electron chi connectivity index (χ4n) is 1.84. The van der Waals surface area contributed by atoms with Crippen LogP contribution in [0.15, 0.2) is 40.8 Å². The van der Waals surface area contributed by atoms with E-state index in [9.17, 15) is 0 Å². The molecule has 2 aromatic rings. The Bertz CT molecular complexity index is 510. The zero-order chi connectivity index (χ0) is 13.0. The molecule has 0 fully saturated rings. The van der Waals surface area contributed by atoms with Crippen LogP contribution in [0, 0.1) is 0 Å². The molecule has 0 saturated heterocycles. The van der Waals surface area contributed by atoms with E-state index in [-0.39, 0.29) is 6.04 Å². The Morgan fingerprint density at radius 3 is 2.67 bits per heavy atom. The Labute approximate surface area is 117 Å². The van der Waals surface area contributed by atoms with Gasteiger partial charge in [-0.2, -0.15) is 0 Å². The Balaban J connectivity index is 2.30. The van der Waals surface area contributed by atoms with Gasteiger partial charge in [0.25, 0.3) is 0 Å². The topological polar surface area (TPSA) is 25.2 Å². The number of hydrogen-bond donors (Lipinski definition) is 1. The lowest BCUT2D eigenvalue weighted by atomic mass is 10.0. The molecule has 0 amide bonds. The fourth-order valence-corrected chi connectivity index (χ4v) is 2.19. The van der Waals surface area contributed by atoms with E-state index in [4.69, 9.17) is 27.6 Å². The predicted molar refractivity (Wildman–Crippen MR) is 75.3 cm³/mol. The molecule has 1 heterocycles. The average molecular weight is 284 g/mol. The predicted octanol–water partition coefficient (Wildman–Crippen LogP) is 4.68. The van der Waals surface area contributed by atoms with Crippen LogP contribution in [-0.4, -0.2) is 6.54 Å². The lowest BCUT2D eigenvalue weighted by Gasteiger charge is -2.16. The molecule has 1 unspecified atom stereocenters. The van der Waals surface area contributed by atoms with Gasteiger partial charge < -0.3 is 9.73 Å². The van der Waals surface area contributed by atoms with Crippen molar-refractivity contribution in [1.29, 1.82) is 0 Å². The van der Waals surface area contributed by atoms with Crippen LogP contribution in [0.5, 0.6) is 0 Å². The zero-order valence-corrected chi connectivity index (χ0v) is 11.6. The highest BCUT2D eigenvalue weighted by Crippen LogP contribution is 2.27. The van der Waals surface area contributed by atoms with E-state index in [1.165, 1.54) is 0 Å². The van der Waals surface area contributed by atoms with Crippen molar-refractivity contribution in [1.82, 2.24) is 5.32 Å². The standard InChI is InChI=1S/C14H15Cl2NO/c1-2-8-17-14(12-6-7-13(16)18-12)10-4-3-5-11(15)9-10/h3-7,9,14,17H,2,8H2,1H3. The molecule has 1 N–H and O–H groups in total. The summed E-state index contributed by atoms with van der Waals surface area (Å²) in [6, 6.07) is 11.4. The zero-order valence-electron chi connectivity index (χ0n) is 10.1. The molecule has 1 aromatic carbocycles. The maximum atomic E-state index is 6.03. The summed E-state index contributed by atoms with van der Waals surface area (Å²) in [7, 11) is 0. The second kappa shape index (κ2) is 6.28. The Morgan fingerprint density at radius 2 is 2.06 bits per heavy atom. The third-order valence-corrected chi connectivity index (χ3v) is 3.10. The largest absolute Gasteiger partial charge is 0.448 e. The molecule has 1 atom stereocenters. The van der Waals surface area contributed by atoms with Crippen molar-refractivity contribution in [2.24, 2.45) is 0 Å². The summed E-state index contributed by atoms with van der Waals surface area (Å²) >= 11 is 11.9. The van der Waals surface area contributed by atoms with Crippen molar-refractivity contribution in [3.05, 3.63) is 58.0 Å². The highest BCUT2D eigenvalue weighted by Gasteiger charge is 2.17. The first kappa shape index (κ1) is 13.5. The SMILES string of the molecule is CCCNC(c1cccc(Cl)c1)c1ccc(Cl)o1. The van der Waals surface area contributed by atoms with E-state index in [2.05, 4.69) is 12.2 Å². The molecule has 0 bridgehead atoms. The molecule has 18 heavy (non-hydrogen) atoms. The van der Waals surface area contributed by atoms with Gasteiger partial charge in [0.05, 0.1) is 6.04 Å². The second-order valence-corrected chi connectivity index (χ2v) is 4.89. The van der Waals surface area contributed by atoms with E-state index >= 15 is 0 Å². The van der Waals surface area contributed by atoms with Gasteiger partial charge in [-0.1, -0.05) is 30.7 Å². The van der Waals surface area contributed by atoms with E-state index < -0.39 is 0 Å². The van der Waals surface area contributed by atoms with Gasteiger partial charge in [0.1, 0.15) is 5.76 Å². The highest BCUT2D eigenvalue weighted by molar-refractivity contribution is 6.30. The van der Waals surface area contributed by atoms with Crippen molar-refractivity contribution in [2.45, 2.75) is 19.4 Å². The first-order chi connectivity index (χ1) is 8.70. The number of rotatable bonds is 5. The number of benzene rings is 1. The summed E-state index contributed by atoms with van der Waals surface area (Å²) < 4.78 is 5.50. The molecule has 4 heteroatoms. The molecule has 0 saturated carbocycles. The molecular formula is C14H15Cl2NO. The van der Waals surface area contributed by atoms with Crippen LogP contribution in [0.2, 0.25) is 10.2 Å². The van der Waals surface area contributed by atoms with Crippen LogP contribution in [0.3, 0.4) is 0 Å². The van der Waals surface area contributed by atoms with Gasteiger partial charge in [-0.15, -0.1) is 0 Å². The van der Waals surface area contributed by atoms with Gasteiger partial charge in [0, 0.05) is 5.02 Å². The monoisotopic (exact) mass is 283 g/mol. The lowest BCUT2D eigenvalue weighted by molar-refractivity contribution is 0.448. The van der Waals surface area contributed by atoms with Crippen LogP contribution in [0.1, 0.15) is 30.7 Å². The van der Waals surface area contributed by atoms with Crippen LogP contribution < -0.4 is 5.32 Å². The minimum atomic E-state index is -0.0175. The average Bonchev–Trinajstić information content (AvgIpc) is 2.76. The van der Waals surface area contributed by atoms with E-state index in [1.54, 1.807) is 6.07 Å². The maximum Gasteiger partial charge on any atom is 0.193 e. The Hall–Kier alpha value is -0.960. The number of furan rings is 1. The van der Waals surface area contributed by atoms with Crippen LogP contribution in [0.25, 0.3) is 0 Å².